The van der Waals surface area contributed by atoms with Crippen LogP contribution in [-0.2, 0) is 10.0 Å². The van der Waals surface area contributed by atoms with E-state index >= 15 is 0 Å². The molecular weight excluding hydrogens is 272 g/mol. The molecule has 0 atom stereocenters. The lowest BCUT2D eigenvalue weighted by atomic mass is 10.1. The molecule has 0 unspecified atom stereocenters. The van der Waals surface area contributed by atoms with Crippen LogP contribution in [0.1, 0.15) is 0 Å². The Morgan fingerprint density at radius 3 is 1.80 bits per heavy atom. The lowest BCUT2D eigenvalue weighted by Gasteiger charge is -2.07. The monoisotopic (exact) mass is 292 g/mol. The van der Waals surface area contributed by atoms with Gasteiger partial charge in [-0.2, -0.15) is 0 Å². The molecule has 0 saturated carbocycles. The second kappa shape index (κ2) is 7.19. The van der Waals surface area contributed by atoms with E-state index < -0.39 is 10.0 Å². The number of nitrogens with zero attached hydrogens (tertiary/aromatic N) is 1. The molecule has 2 N–H and O–H groups in total. The molecular formula is C15H20N2O2S. The fraction of sp³-hybridized carbons (Fsp3) is 0.200. The summed E-state index contributed by atoms with van der Waals surface area (Å²) in [5.74, 6) is 0. The second-order valence-electron chi connectivity index (χ2n) is 4.75. The second-order valence-corrected chi connectivity index (χ2v) is 6.28. The van der Waals surface area contributed by atoms with Crippen molar-refractivity contribution < 1.29 is 8.42 Å². The van der Waals surface area contributed by atoms with Gasteiger partial charge in [0.05, 0.1) is 4.90 Å². The van der Waals surface area contributed by atoms with Gasteiger partial charge in [0, 0.05) is 5.56 Å². The van der Waals surface area contributed by atoms with Gasteiger partial charge in [0.1, 0.15) is 0 Å². The van der Waals surface area contributed by atoms with E-state index in [4.69, 9.17) is 5.14 Å². The summed E-state index contributed by atoms with van der Waals surface area (Å²) >= 11 is 0. The van der Waals surface area contributed by atoms with Gasteiger partial charge in [-0.25, -0.2) is 13.6 Å². The fourth-order valence-corrected chi connectivity index (χ4v) is 2.33. The molecule has 0 aliphatic rings. The summed E-state index contributed by atoms with van der Waals surface area (Å²) in [5, 5.41) is 5.17. The Hall–Kier alpha value is -1.69. The number of sulfonamides is 1. The van der Waals surface area contributed by atoms with Crippen molar-refractivity contribution in [2.24, 2.45) is 5.14 Å². The molecule has 2 rings (SSSR count). The number of benzene rings is 2. The fourth-order valence-electron chi connectivity index (χ4n) is 1.57. The summed E-state index contributed by atoms with van der Waals surface area (Å²) in [4.78, 5) is 2.15. The number of hydrogen-bond acceptors (Lipinski definition) is 3. The van der Waals surface area contributed by atoms with Crippen molar-refractivity contribution in [2.45, 2.75) is 4.90 Å². The smallest absolute Gasteiger partial charge is 0.238 e. The van der Waals surface area contributed by atoms with Crippen LogP contribution in [0.2, 0.25) is 0 Å². The highest BCUT2D eigenvalue weighted by molar-refractivity contribution is 7.89. The van der Waals surface area contributed by atoms with Gasteiger partial charge in [0.2, 0.25) is 10.0 Å². The first-order valence-electron chi connectivity index (χ1n) is 6.10. The Balaban J connectivity index is 0.000000444. The van der Waals surface area contributed by atoms with E-state index in [-0.39, 0.29) is 4.90 Å². The third kappa shape index (κ3) is 5.13. The molecule has 108 valence electrons. The summed E-state index contributed by atoms with van der Waals surface area (Å²) in [7, 11) is 2.32. The van der Waals surface area contributed by atoms with Crippen molar-refractivity contribution in [3.8, 4) is 11.1 Å². The van der Waals surface area contributed by atoms with Gasteiger partial charge < -0.3 is 4.90 Å². The summed E-state index contributed by atoms with van der Waals surface area (Å²) in [6.07, 6.45) is 0. The first kappa shape index (κ1) is 16.4. The number of hydrogen-bond donors (Lipinski definition) is 1. The van der Waals surface area contributed by atoms with E-state index in [2.05, 4.69) is 0 Å². The van der Waals surface area contributed by atoms with Crippen LogP contribution in [-0.4, -0.2) is 34.5 Å². The van der Waals surface area contributed by atoms with Gasteiger partial charge in [-0.1, -0.05) is 48.5 Å². The van der Waals surface area contributed by atoms with Crippen molar-refractivity contribution >= 4 is 10.0 Å². The van der Waals surface area contributed by atoms with E-state index in [1.165, 1.54) is 6.07 Å². The molecule has 0 aliphatic carbocycles. The van der Waals surface area contributed by atoms with E-state index in [0.29, 0.717) is 5.56 Å². The van der Waals surface area contributed by atoms with Crippen molar-refractivity contribution in [1.29, 1.82) is 0 Å². The van der Waals surface area contributed by atoms with Gasteiger partial charge in [0.25, 0.3) is 0 Å². The number of nitrogens with two attached hydrogens (primary N) is 1. The Labute approximate surface area is 120 Å². The summed E-state index contributed by atoms with van der Waals surface area (Å²) in [5.41, 5.74) is 1.47. The SMILES string of the molecule is CN(C)C.NS(=O)(=O)c1ccccc1-c1ccccc1. The quantitative estimate of drug-likeness (QED) is 0.922. The average Bonchev–Trinajstić information content (AvgIpc) is 2.38. The van der Waals surface area contributed by atoms with E-state index in [9.17, 15) is 8.42 Å². The maximum atomic E-state index is 11.4. The molecule has 0 saturated heterocycles. The predicted molar refractivity (Wildman–Crippen MR) is 82.9 cm³/mol. The molecule has 0 aromatic heterocycles. The number of rotatable bonds is 2. The molecule has 0 radical (unpaired) electrons. The molecule has 5 heteroatoms. The largest absolute Gasteiger partial charge is 0.312 e. The molecule has 0 spiro atoms. The van der Waals surface area contributed by atoms with Gasteiger partial charge >= 0.3 is 0 Å². The van der Waals surface area contributed by atoms with Crippen LogP contribution >= 0.6 is 0 Å². The third-order valence-electron chi connectivity index (χ3n) is 2.28. The van der Waals surface area contributed by atoms with Crippen LogP contribution in [0.4, 0.5) is 0 Å². The Kier molecular flexibility index (Phi) is 5.88. The Morgan fingerprint density at radius 1 is 0.850 bits per heavy atom. The molecule has 0 bridgehead atoms. The van der Waals surface area contributed by atoms with Crippen molar-refractivity contribution in [1.82, 2.24) is 4.90 Å². The molecule has 0 amide bonds. The van der Waals surface area contributed by atoms with Crippen LogP contribution < -0.4 is 5.14 Å². The first-order valence-corrected chi connectivity index (χ1v) is 7.65. The van der Waals surface area contributed by atoms with E-state index in [0.717, 1.165) is 5.56 Å². The van der Waals surface area contributed by atoms with Crippen LogP contribution in [0.5, 0.6) is 0 Å². The minimum Gasteiger partial charge on any atom is -0.312 e. The van der Waals surface area contributed by atoms with Crippen LogP contribution in [0.3, 0.4) is 0 Å². The van der Waals surface area contributed by atoms with Gasteiger partial charge in [-0.15, -0.1) is 0 Å². The molecule has 2 aromatic rings. The van der Waals surface area contributed by atoms with Crippen molar-refractivity contribution in [3.63, 3.8) is 0 Å². The highest BCUT2D eigenvalue weighted by Crippen LogP contribution is 2.25. The number of primary sulfonamides is 1. The zero-order valence-electron chi connectivity index (χ0n) is 11.9. The Bertz CT molecular complexity index is 635. The highest BCUT2D eigenvalue weighted by Gasteiger charge is 2.13. The van der Waals surface area contributed by atoms with Crippen LogP contribution in [0.25, 0.3) is 11.1 Å². The van der Waals surface area contributed by atoms with Gasteiger partial charge in [0.15, 0.2) is 0 Å². The van der Waals surface area contributed by atoms with Gasteiger partial charge in [-0.05, 0) is 32.8 Å². The van der Waals surface area contributed by atoms with Crippen molar-refractivity contribution in [2.75, 3.05) is 21.1 Å². The van der Waals surface area contributed by atoms with E-state index in [1.807, 2.05) is 56.4 Å². The van der Waals surface area contributed by atoms with Gasteiger partial charge in [-0.3, -0.25) is 0 Å². The molecule has 0 heterocycles. The first-order chi connectivity index (χ1) is 9.32. The lowest BCUT2D eigenvalue weighted by Crippen LogP contribution is -2.13. The normalized spacial score (nSPS) is 10.8. The van der Waals surface area contributed by atoms with Crippen LogP contribution in [0.15, 0.2) is 59.5 Å². The maximum absolute atomic E-state index is 11.4. The minimum absolute atomic E-state index is 0.154. The molecule has 20 heavy (non-hydrogen) atoms. The molecule has 0 fully saturated rings. The highest BCUT2D eigenvalue weighted by atomic mass is 32.2. The standard InChI is InChI=1S/C12H11NO2S.C3H9N/c13-16(14,15)12-9-5-4-8-11(12)10-6-2-1-3-7-10;1-4(2)3/h1-9H,(H2,13,14,15);1-3H3. The maximum Gasteiger partial charge on any atom is 0.238 e. The lowest BCUT2D eigenvalue weighted by molar-refractivity contribution is 0.505. The molecule has 2 aromatic carbocycles. The zero-order chi connectivity index (χ0) is 15.2. The van der Waals surface area contributed by atoms with Crippen molar-refractivity contribution in [3.05, 3.63) is 54.6 Å². The van der Waals surface area contributed by atoms with Crippen LogP contribution in [0, 0.1) is 0 Å². The molecule has 0 aliphatic heterocycles. The topological polar surface area (TPSA) is 63.4 Å². The summed E-state index contributed by atoms with van der Waals surface area (Å²) in [6.45, 7) is 0. The third-order valence-corrected chi connectivity index (χ3v) is 3.25. The molecule has 4 nitrogen and oxygen atoms in total. The zero-order valence-corrected chi connectivity index (χ0v) is 12.8. The Morgan fingerprint density at radius 2 is 1.30 bits per heavy atom. The minimum atomic E-state index is -3.68. The summed E-state index contributed by atoms with van der Waals surface area (Å²) < 4.78 is 22.8. The predicted octanol–water partition coefficient (Wildman–Crippen LogP) is 2.18. The summed E-state index contributed by atoms with van der Waals surface area (Å²) in [6, 6.07) is 16.0. The van der Waals surface area contributed by atoms with E-state index in [1.54, 1.807) is 18.2 Å². The average molecular weight is 292 g/mol.